The minimum atomic E-state index is -1.30. The monoisotopic (exact) mass is 571 g/mol. The van der Waals surface area contributed by atoms with Crippen molar-refractivity contribution in [3.63, 3.8) is 0 Å². The van der Waals surface area contributed by atoms with Gasteiger partial charge in [0.2, 0.25) is 11.1 Å². The Morgan fingerprint density at radius 1 is 1.32 bits per heavy atom. The van der Waals surface area contributed by atoms with Gasteiger partial charge in [-0.25, -0.2) is 9.98 Å². The van der Waals surface area contributed by atoms with E-state index >= 15 is 0 Å². The number of aliphatic imine (C=N–C) groups is 1. The number of nitrogens with two attached hydrogens (primary N) is 1. The molecule has 0 radical (unpaired) electrons. The van der Waals surface area contributed by atoms with E-state index in [1.807, 2.05) is 6.92 Å². The van der Waals surface area contributed by atoms with Crippen LogP contribution in [0.5, 0.6) is 0 Å². The van der Waals surface area contributed by atoms with Gasteiger partial charge < -0.3 is 20.3 Å². The van der Waals surface area contributed by atoms with Crippen molar-refractivity contribution in [1.29, 1.82) is 0 Å². The first kappa shape index (κ1) is 29.0. The molecule has 0 spiro atoms. The number of aliphatic hydroxyl groups excluding tert-OH is 1. The van der Waals surface area contributed by atoms with Crippen LogP contribution in [-0.4, -0.2) is 51.6 Å². The lowest BCUT2D eigenvalue weighted by Crippen LogP contribution is -2.62. The summed E-state index contributed by atoms with van der Waals surface area (Å²) in [7, 11) is 1.53. The van der Waals surface area contributed by atoms with E-state index in [1.165, 1.54) is 31.9 Å². The molecule has 5 rings (SSSR count). The fourth-order valence-electron chi connectivity index (χ4n) is 8.51. The second kappa shape index (κ2) is 10.7. The van der Waals surface area contributed by atoms with E-state index in [0.717, 1.165) is 42.3 Å². The second-order valence-corrected chi connectivity index (χ2v) is 13.0. The summed E-state index contributed by atoms with van der Waals surface area (Å²) < 4.78 is 24.4. The minimum absolute atomic E-state index is 0.0515. The number of carbonyl (C=O) groups is 2. The quantitative estimate of drug-likeness (QED) is 0.292. The molecule has 1 aromatic rings. The zero-order valence-corrected chi connectivity index (χ0v) is 24.3. The van der Waals surface area contributed by atoms with Gasteiger partial charge in [-0.3, -0.25) is 9.59 Å². The second-order valence-electron chi connectivity index (χ2n) is 12.1. The van der Waals surface area contributed by atoms with E-state index < -0.39 is 29.0 Å². The molecule has 1 aromatic heterocycles. The number of carbonyl (C=O) groups excluding carboxylic acids is 2. The summed E-state index contributed by atoms with van der Waals surface area (Å²) in [6.45, 7) is 5.58. The molecule has 3 saturated carbocycles. The van der Waals surface area contributed by atoms with E-state index in [9.17, 15) is 19.1 Å². The number of halogens is 1. The zero-order valence-electron chi connectivity index (χ0n) is 23.5. The Morgan fingerprint density at radius 2 is 2.10 bits per heavy atom. The summed E-state index contributed by atoms with van der Waals surface area (Å²) in [6.07, 6.45) is 8.18. The number of aliphatic hydroxyl groups is 1. The van der Waals surface area contributed by atoms with E-state index in [0.29, 0.717) is 24.9 Å². The normalized spacial score (nSPS) is 38.8. The summed E-state index contributed by atoms with van der Waals surface area (Å²) in [4.78, 5) is 34.4. The van der Waals surface area contributed by atoms with Crippen LogP contribution >= 0.6 is 11.8 Å². The highest BCUT2D eigenvalue weighted by molar-refractivity contribution is 8.13. The van der Waals surface area contributed by atoms with E-state index in [2.05, 4.69) is 18.0 Å². The van der Waals surface area contributed by atoms with Gasteiger partial charge >= 0.3 is 5.97 Å². The summed E-state index contributed by atoms with van der Waals surface area (Å²) in [6, 6.07) is 2.86. The predicted octanol–water partition coefficient (Wildman–Crippen LogP) is 4.84. The lowest BCUT2D eigenvalue weighted by Gasteiger charge is -2.60. The molecule has 3 fully saturated rings. The number of allylic oxidation sites excluding steroid dienone is 3. The number of aromatic nitrogens is 1. The summed E-state index contributed by atoms with van der Waals surface area (Å²) in [5.41, 5.74) is 7.11. The van der Waals surface area contributed by atoms with Crippen LogP contribution in [0.2, 0.25) is 0 Å². The van der Waals surface area contributed by atoms with Crippen molar-refractivity contribution in [2.75, 3.05) is 13.0 Å². The van der Waals surface area contributed by atoms with Crippen LogP contribution in [0.25, 0.3) is 0 Å². The van der Waals surface area contributed by atoms with Crippen LogP contribution in [0.1, 0.15) is 59.3 Å². The summed E-state index contributed by atoms with van der Waals surface area (Å²) in [5, 5.41) is 11.7. The molecule has 4 unspecified atom stereocenters. The molecule has 216 valence electrons. The number of rotatable bonds is 5. The number of methoxy groups -OCH3 is 1. The zero-order chi connectivity index (χ0) is 28.9. The summed E-state index contributed by atoms with van der Waals surface area (Å²) in [5.74, 6) is -0.671. The number of ether oxygens (including phenoxy) is 2. The fraction of sp³-hybridized carbons (Fsp3) is 0.600. The molecule has 7 atom stereocenters. The summed E-state index contributed by atoms with van der Waals surface area (Å²) >= 11 is 1.03. The standard InChI is InChI=1S/C30H38FN3O5S/c1-17(35)39-30(27(37)40-16-38-4)10-9-22-21-7-5-19-11-23(34-20-6-8-25(31)33-15-20)18(14-32)12-28(19,2)26(21)24(36)13-29(22,30)3/h6,8,11,14-15,21-22,24,26,36H,5,7,9-10,12-13,16,32H2,1-4H3/t21?,22?,24?,26?,28-,29-,30-/m0/s1. The van der Waals surface area contributed by atoms with Crippen LogP contribution in [0.15, 0.2) is 46.7 Å². The fourth-order valence-corrected chi connectivity index (χ4v) is 9.35. The van der Waals surface area contributed by atoms with Gasteiger partial charge in [0, 0.05) is 19.4 Å². The number of hydrogen-bond donors (Lipinski definition) is 2. The Hall–Kier alpha value is -2.56. The third kappa shape index (κ3) is 4.52. The van der Waals surface area contributed by atoms with Crippen molar-refractivity contribution in [3.8, 4) is 0 Å². The molecule has 0 saturated heterocycles. The number of nitrogens with zero attached hydrogens (tertiary/aromatic N) is 2. The number of thioether (sulfide) groups is 1. The van der Waals surface area contributed by atoms with Crippen molar-refractivity contribution >= 4 is 34.2 Å². The van der Waals surface area contributed by atoms with Gasteiger partial charge in [-0.2, -0.15) is 4.39 Å². The maximum absolute atomic E-state index is 13.6. The predicted molar refractivity (Wildman–Crippen MR) is 151 cm³/mol. The molecule has 4 aliphatic rings. The maximum atomic E-state index is 13.6. The molecule has 0 aromatic carbocycles. The third-order valence-electron chi connectivity index (χ3n) is 10.1. The first-order chi connectivity index (χ1) is 19.0. The van der Waals surface area contributed by atoms with Crippen molar-refractivity contribution in [3.05, 3.63) is 47.7 Å². The van der Waals surface area contributed by atoms with Crippen LogP contribution in [0.3, 0.4) is 0 Å². The highest BCUT2D eigenvalue weighted by atomic mass is 32.2. The Bertz CT molecular complexity index is 1280. The van der Waals surface area contributed by atoms with Gasteiger partial charge in [-0.15, -0.1) is 0 Å². The van der Waals surface area contributed by atoms with Gasteiger partial charge in [0.1, 0.15) is 0 Å². The molecule has 0 bridgehead atoms. The molecule has 0 amide bonds. The first-order valence-corrected chi connectivity index (χ1v) is 14.8. The number of esters is 1. The molecule has 8 nitrogen and oxygen atoms in total. The first-order valence-electron chi connectivity index (χ1n) is 13.9. The molecule has 4 aliphatic carbocycles. The van der Waals surface area contributed by atoms with Crippen LogP contribution in [0, 0.1) is 34.5 Å². The van der Waals surface area contributed by atoms with Crippen LogP contribution in [-0.2, 0) is 19.1 Å². The average molecular weight is 572 g/mol. The lowest BCUT2D eigenvalue weighted by atomic mass is 9.45. The van der Waals surface area contributed by atoms with Gasteiger partial charge in [0.15, 0.2) is 5.60 Å². The molecule has 1 heterocycles. The Balaban J connectivity index is 1.51. The van der Waals surface area contributed by atoms with Crippen molar-refractivity contribution in [2.45, 2.75) is 71.0 Å². The maximum Gasteiger partial charge on any atom is 0.303 e. The number of fused-ring (bicyclic) bond motifs is 5. The minimum Gasteiger partial charge on any atom is -0.450 e. The smallest absolute Gasteiger partial charge is 0.303 e. The number of pyridine rings is 1. The highest BCUT2D eigenvalue weighted by Gasteiger charge is 2.70. The average Bonchev–Trinajstić information content (AvgIpc) is 3.19. The lowest BCUT2D eigenvalue weighted by molar-refractivity contribution is -0.195. The van der Waals surface area contributed by atoms with Crippen LogP contribution < -0.4 is 5.73 Å². The molecule has 10 heteroatoms. The van der Waals surface area contributed by atoms with Gasteiger partial charge in [0.05, 0.1) is 29.6 Å². The van der Waals surface area contributed by atoms with E-state index in [-0.39, 0.29) is 34.2 Å². The third-order valence-corrected chi connectivity index (χ3v) is 11.1. The SMILES string of the molecule is COCSC(=O)[C@@]1(OC(C)=O)CCC2C3CCC4=CC(=Nc5ccc(F)nc5)C(=CN)C[C@]4(C)C3C(O)C[C@@]21C. The molecular formula is C30H38FN3O5S. The van der Waals surface area contributed by atoms with E-state index in [1.54, 1.807) is 12.3 Å². The van der Waals surface area contributed by atoms with Crippen LogP contribution in [0.4, 0.5) is 10.1 Å². The largest absolute Gasteiger partial charge is 0.450 e. The number of hydrogen-bond acceptors (Lipinski definition) is 9. The van der Waals surface area contributed by atoms with Crippen molar-refractivity contribution in [1.82, 2.24) is 4.98 Å². The molecule has 40 heavy (non-hydrogen) atoms. The highest BCUT2D eigenvalue weighted by Crippen LogP contribution is 2.69. The van der Waals surface area contributed by atoms with Crippen molar-refractivity contribution in [2.24, 2.45) is 39.3 Å². The van der Waals surface area contributed by atoms with Gasteiger partial charge in [-0.05, 0) is 91.7 Å². The van der Waals surface area contributed by atoms with Crippen molar-refractivity contribution < 1.29 is 28.6 Å². The van der Waals surface area contributed by atoms with Gasteiger partial charge in [0.25, 0.3) is 0 Å². The van der Waals surface area contributed by atoms with E-state index in [4.69, 9.17) is 20.2 Å². The Labute approximate surface area is 238 Å². The topological polar surface area (TPSA) is 124 Å². The molecule has 3 N–H and O–H groups in total. The Morgan fingerprint density at radius 3 is 2.75 bits per heavy atom. The molecule has 0 aliphatic heterocycles. The van der Waals surface area contributed by atoms with Gasteiger partial charge in [-0.1, -0.05) is 31.2 Å². The Kier molecular flexibility index (Phi) is 7.74. The molecular weight excluding hydrogens is 533 g/mol.